The minimum Gasteiger partial charge on any atom is -0.497 e. The quantitative estimate of drug-likeness (QED) is 0.461. The lowest BCUT2D eigenvalue weighted by Crippen LogP contribution is -2.41. The van der Waals surface area contributed by atoms with E-state index in [2.05, 4.69) is 4.98 Å². The first-order chi connectivity index (χ1) is 15.3. The van der Waals surface area contributed by atoms with Crippen LogP contribution in [0.1, 0.15) is 19.4 Å². The fourth-order valence-electron chi connectivity index (χ4n) is 3.63. The van der Waals surface area contributed by atoms with Gasteiger partial charge in [0.15, 0.2) is 11.2 Å². The molecule has 0 saturated heterocycles. The maximum Gasteiger partial charge on any atom is 0.337 e. The highest BCUT2D eigenvalue weighted by molar-refractivity contribution is 5.72. The van der Waals surface area contributed by atoms with Crippen molar-refractivity contribution in [3.63, 3.8) is 0 Å². The van der Waals surface area contributed by atoms with Crippen molar-refractivity contribution in [2.24, 2.45) is 5.92 Å². The standard InChI is InChI=1S/C23H22F2N4O3/c1-14(2)11-28-22(30)20-21(29(23(28)31)19-9-6-16(24)10-18(19)25)26-13-27(20)12-15-4-7-17(32-3)8-5-15/h4-10,13-14H,11-12H2,1-3H3. The molecule has 7 nitrogen and oxygen atoms in total. The Hall–Kier alpha value is -3.75. The number of hydrogen-bond acceptors (Lipinski definition) is 4. The Bertz CT molecular complexity index is 1400. The van der Waals surface area contributed by atoms with E-state index in [1.807, 2.05) is 26.0 Å². The number of benzene rings is 2. The average molecular weight is 440 g/mol. The van der Waals surface area contributed by atoms with Crippen LogP contribution in [-0.4, -0.2) is 25.8 Å². The number of methoxy groups -OCH3 is 1. The maximum atomic E-state index is 14.6. The van der Waals surface area contributed by atoms with Gasteiger partial charge in [-0.2, -0.15) is 0 Å². The van der Waals surface area contributed by atoms with Gasteiger partial charge in [-0.05, 0) is 35.7 Å². The normalized spacial score (nSPS) is 11.4. The van der Waals surface area contributed by atoms with Crippen molar-refractivity contribution < 1.29 is 13.5 Å². The molecule has 0 radical (unpaired) electrons. The van der Waals surface area contributed by atoms with Crippen LogP contribution >= 0.6 is 0 Å². The second-order valence-corrected chi connectivity index (χ2v) is 7.92. The number of fused-ring (bicyclic) bond motifs is 1. The first kappa shape index (κ1) is 21.5. The van der Waals surface area contributed by atoms with Crippen LogP contribution in [0.15, 0.2) is 58.4 Å². The summed E-state index contributed by atoms with van der Waals surface area (Å²) < 4.78 is 37.0. The molecule has 2 aromatic carbocycles. The van der Waals surface area contributed by atoms with Gasteiger partial charge in [0.2, 0.25) is 0 Å². The molecule has 166 valence electrons. The molecule has 9 heteroatoms. The number of aromatic nitrogens is 4. The average Bonchev–Trinajstić information content (AvgIpc) is 3.16. The lowest BCUT2D eigenvalue weighted by atomic mass is 10.2. The van der Waals surface area contributed by atoms with E-state index in [9.17, 15) is 18.4 Å². The summed E-state index contributed by atoms with van der Waals surface area (Å²) in [6.45, 7) is 4.19. The van der Waals surface area contributed by atoms with E-state index >= 15 is 0 Å². The summed E-state index contributed by atoms with van der Waals surface area (Å²) >= 11 is 0. The van der Waals surface area contributed by atoms with Gasteiger partial charge >= 0.3 is 5.69 Å². The van der Waals surface area contributed by atoms with Crippen molar-refractivity contribution >= 4 is 11.2 Å². The van der Waals surface area contributed by atoms with Gasteiger partial charge in [-0.25, -0.2) is 23.1 Å². The lowest BCUT2D eigenvalue weighted by molar-refractivity contribution is 0.414. The van der Waals surface area contributed by atoms with Gasteiger partial charge < -0.3 is 9.30 Å². The van der Waals surface area contributed by atoms with Crippen LogP contribution in [0.4, 0.5) is 8.78 Å². The van der Waals surface area contributed by atoms with Gasteiger partial charge in [-0.1, -0.05) is 26.0 Å². The molecule has 0 spiro atoms. The molecule has 0 atom stereocenters. The van der Waals surface area contributed by atoms with Gasteiger partial charge in [-0.15, -0.1) is 0 Å². The van der Waals surface area contributed by atoms with E-state index in [1.165, 1.54) is 6.33 Å². The van der Waals surface area contributed by atoms with Crippen LogP contribution in [0.5, 0.6) is 5.75 Å². The SMILES string of the molecule is COc1ccc(Cn2cnc3c2c(=O)n(CC(C)C)c(=O)n3-c2ccc(F)cc2F)cc1. The van der Waals surface area contributed by atoms with Gasteiger partial charge in [0.25, 0.3) is 5.56 Å². The number of nitrogens with zero attached hydrogens (tertiary/aromatic N) is 4. The molecule has 0 aliphatic rings. The van der Waals surface area contributed by atoms with Gasteiger partial charge in [-0.3, -0.25) is 9.36 Å². The predicted octanol–water partition coefficient (Wildman–Crippen LogP) is 3.34. The molecule has 0 amide bonds. The summed E-state index contributed by atoms with van der Waals surface area (Å²) in [6, 6.07) is 10.2. The second kappa shape index (κ2) is 8.41. The molecular weight excluding hydrogens is 418 g/mol. The molecule has 0 aliphatic carbocycles. The van der Waals surface area contributed by atoms with Crippen LogP contribution in [0.2, 0.25) is 0 Å². The number of halogens is 2. The molecule has 0 bridgehead atoms. The number of rotatable bonds is 6. The first-order valence-electron chi connectivity index (χ1n) is 10.1. The largest absolute Gasteiger partial charge is 0.497 e. The summed E-state index contributed by atoms with van der Waals surface area (Å²) in [5.74, 6) is -1.00. The van der Waals surface area contributed by atoms with Gasteiger partial charge in [0.1, 0.15) is 17.4 Å². The van der Waals surface area contributed by atoms with Gasteiger partial charge in [0, 0.05) is 19.2 Å². The molecule has 2 aromatic heterocycles. The van der Waals surface area contributed by atoms with Crippen molar-refractivity contribution in [1.29, 1.82) is 0 Å². The summed E-state index contributed by atoms with van der Waals surface area (Å²) in [4.78, 5) is 30.8. The zero-order valence-electron chi connectivity index (χ0n) is 17.9. The summed E-state index contributed by atoms with van der Waals surface area (Å²) in [6.07, 6.45) is 1.44. The molecular formula is C23H22F2N4O3. The van der Waals surface area contributed by atoms with E-state index in [1.54, 1.807) is 23.8 Å². The van der Waals surface area contributed by atoms with Crippen molar-refractivity contribution in [3.8, 4) is 11.4 Å². The number of imidazole rings is 1. The van der Waals surface area contributed by atoms with E-state index in [0.29, 0.717) is 18.4 Å². The zero-order valence-corrected chi connectivity index (χ0v) is 17.9. The third-order valence-corrected chi connectivity index (χ3v) is 5.11. The number of hydrogen-bond donors (Lipinski definition) is 0. The Balaban J connectivity index is 1.97. The Kier molecular flexibility index (Phi) is 5.65. The third-order valence-electron chi connectivity index (χ3n) is 5.11. The van der Waals surface area contributed by atoms with Crippen LogP contribution in [0.25, 0.3) is 16.9 Å². The Morgan fingerprint density at radius 1 is 1.06 bits per heavy atom. The van der Waals surface area contributed by atoms with E-state index < -0.39 is 22.9 Å². The highest BCUT2D eigenvalue weighted by Gasteiger charge is 2.21. The molecule has 4 aromatic rings. The fourth-order valence-corrected chi connectivity index (χ4v) is 3.63. The zero-order chi connectivity index (χ0) is 23.0. The topological polar surface area (TPSA) is 71.1 Å². The van der Waals surface area contributed by atoms with Crippen molar-refractivity contribution in [1.82, 2.24) is 18.7 Å². The molecule has 4 rings (SSSR count). The molecule has 0 saturated carbocycles. The smallest absolute Gasteiger partial charge is 0.337 e. The highest BCUT2D eigenvalue weighted by atomic mass is 19.1. The second-order valence-electron chi connectivity index (χ2n) is 7.92. The van der Waals surface area contributed by atoms with Crippen LogP contribution < -0.4 is 16.0 Å². The first-order valence-corrected chi connectivity index (χ1v) is 10.1. The summed E-state index contributed by atoms with van der Waals surface area (Å²) in [7, 11) is 1.57. The van der Waals surface area contributed by atoms with Crippen LogP contribution in [-0.2, 0) is 13.1 Å². The molecule has 2 heterocycles. The third kappa shape index (κ3) is 3.81. The van der Waals surface area contributed by atoms with Gasteiger partial charge in [0.05, 0.1) is 19.1 Å². The fraction of sp³-hybridized carbons (Fsp3) is 0.261. The predicted molar refractivity (Wildman–Crippen MR) is 116 cm³/mol. The molecule has 0 fully saturated rings. The van der Waals surface area contributed by atoms with Crippen molar-refractivity contribution in [2.75, 3.05) is 7.11 Å². The molecule has 0 unspecified atom stereocenters. The number of ether oxygens (including phenoxy) is 1. The van der Waals surface area contributed by atoms with Crippen LogP contribution in [0.3, 0.4) is 0 Å². The van der Waals surface area contributed by atoms with E-state index in [4.69, 9.17) is 4.74 Å². The van der Waals surface area contributed by atoms with Crippen molar-refractivity contribution in [2.45, 2.75) is 26.9 Å². The van der Waals surface area contributed by atoms with E-state index in [0.717, 1.165) is 26.8 Å². The van der Waals surface area contributed by atoms with Crippen molar-refractivity contribution in [3.05, 3.63) is 86.8 Å². The minimum atomic E-state index is -0.923. The highest BCUT2D eigenvalue weighted by Crippen LogP contribution is 2.19. The Morgan fingerprint density at radius 3 is 2.41 bits per heavy atom. The lowest BCUT2D eigenvalue weighted by Gasteiger charge is -2.14. The van der Waals surface area contributed by atoms with Crippen LogP contribution in [0, 0.1) is 17.6 Å². The summed E-state index contributed by atoms with van der Waals surface area (Å²) in [5.41, 5.74) is -0.358. The Labute approximate surface area is 182 Å². The molecule has 0 aliphatic heterocycles. The molecule has 0 N–H and O–H groups in total. The minimum absolute atomic E-state index is 0.0117. The maximum absolute atomic E-state index is 14.6. The Morgan fingerprint density at radius 2 is 1.78 bits per heavy atom. The monoisotopic (exact) mass is 440 g/mol. The van der Waals surface area contributed by atoms with E-state index in [-0.39, 0.29) is 29.3 Å². The molecule has 32 heavy (non-hydrogen) atoms. The summed E-state index contributed by atoms with van der Waals surface area (Å²) in [5, 5.41) is 0.